The number of carbonyl (C=O) groups excluding carboxylic acids is 1. The van der Waals surface area contributed by atoms with Gasteiger partial charge in [0.1, 0.15) is 5.75 Å². The van der Waals surface area contributed by atoms with Gasteiger partial charge in [0.25, 0.3) is 0 Å². The van der Waals surface area contributed by atoms with Crippen molar-refractivity contribution in [1.29, 1.82) is 0 Å². The minimum Gasteiger partial charge on any atom is -0.508 e. The molecule has 1 aromatic rings. The lowest BCUT2D eigenvalue weighted by Crippen LogP contribution is -2.53. The SMILES string of the molecule is C/C=C1\CN2CC[C@]34C(=C(C(=O)OC)[C@H]1C[C@H]23)Nc1cc(O)ccc14. The van der Waals surface area contributed by atoms with Crippen molar-refractivity contribution in [3.63, 3.8) is 0 Å². The summed E-state index contributed by atoms with van der Waals surface area (Å²) in [5, 5.41) is 13.4. The first kappa shape index (κ1) is 15.0. The Bertz CT molecular complexity index is 856. The zero-order valence-electron chi connectivity index (χ0n) is 14.5. The lowest BCUT2D eigenvalue weighted by Gasteiger charge is -2.48. The highest BCUT2D eigenvalue weighted by Gasteiger charge is 2.62. The van der Waals surface area contributed by atoms with E-state index in [1.165, 1.54) is 18.2 Å². The summed E-state index contributed by atoms with van der Waals surface area (Å²) in [6, 6.07) is 5.94. The molecule has 25 heavy (non-hydrogen) atoms. The molecule has 0 amide bonds. The maximum atomic E-state index is 12.8. The monoisotopic (exact) mass is 338 g/mol. The van der Waals surface area contributed by atoms with E-state index in [2.05, 4.69) is 23.2 Å². The van der Waals surface area contributed by atoms with Crippen LogP contribution in [0.15, 0.2) is 41.1 Å². The summed E-state index contributed by atoms with van der Waals surface area (Å²) in [6.07, 6.45) is 4.10. The first-order valence-corrected chi connectivity index (χ1v) is 8.92. The third kappa shape index (κ3) is 1.69. The summed E-state index contributed by atoms with van der Waals surface area (Å²) in [7, 11) is 1.46. The number of esters is 1. The van der Waals surface area contributed by atoms with Gasteiger partial charge in [0.2, 0.25) is 0 Å². The molecule has 3 aliphatic heterocycles. The summed E-state index contributed by atoms with van der Waals surface area (Å²) in [5.74, 6) is 0.130. The number of carbonyl (C=O) groups is 1. The highest BCUT2D eigenvalue weighted by atomic mass is 16.5. The maximum Gasteiger partial charge on any atom is 0.336 e. The number of fused-ring (bicyclic) bond motifs is 2. The maximum absolute atomic E-state index is 12.8. The van der Waals surface area contributed by atoms with Crippen molar-refractivity contribution in [2.45, 2.75) is 31.2 Å². The quantitative estimate of drug-likeness (QED) is 0.609. The van der Waals surface area contributed by atoms with Crippen LogP contribution in [-0.2, 0) is 14.9 Å². The minimum absolute atomic E-state index is 0.121. The predicted octanol–water partition coefficient (Wildman–Crippen LogP) is 2.54. The van der Waals surface area contributed by atoms with E-state index >= 15 is 0 Å². The Morgan fingerprint density at radius 3 is 3.08 bits per heavy atom. The van der Waals surface area contributed by atoms with Crippen molar-refractivity contribution in [1.82, 2.24) is 4.90 Å². The van der Waals surface area contributed by atoms with Crippen LogP contribution in [0.4, 0.5) is 5.69 Å². The Kier molecular flexibility index (Phi) is 2.93. The number of phenols is 1. The van der Waals surface area contributed by atoms with Crippen LogP contribution in [0.2, 0.25) is 0 Å². The van der Waals surface area contributed by atoms with Crippen molar-refractivity contribution >= 4 is 11.7 Å². The average Bonchev–Trinajstić information content (AvgIpc) is 3.16. The standard InChI is InChI=1S/C20H22N2O3/c1-3-11-10-22-7-6-20-14-5-4-12(23)8-15(14)21-18(20)17(19(24)25-2)13(11)9-16(20)22/h3-5,8,13,16,21,23H,6-7,9-10H2,1-2H3/b11-3+/t13-,16-,20+/m0/s1. The van der Waals surface area contributed by atoms with Crippen LogP contribution < -0.4 is 5.32 Å². The number of aromatic hydroxyl groups is 1. The number of anilines is 1. The van der Waals surface area contributed by atoms with Gasteiger partial charge in [-0.05, 0) is 31.4 Å². The Labute approximate surface area is 147 Å². The molecule has 3 heterocycles. The summed E-state index contributed by atoms with van der Waals surface area (Å²) in [5.41, 5.74) is 5.04. The fourth-order valence-corrected chi connectivity index (χ4v) is 5.66. The van der Waals surface area contributed by atoms with Gasteiger partial charge in [-0.15, -0.1) is 0 Å². The second kappa shape index (κ2) is 4.88. The van der Waals surface area contributed by atoms with E-state index in [9.17, 15) is 9.90 Å². The summed E-state index contributed by atoms with van der Waals surface area (Å²) in [4.78, 5) is 15.3. The van der Waals surface area contributed by atoms with Crippen molar-refractivity contribution in [3.05, 3.63) is 46.7 Å². The summed E-state index contributed by atoms with van der Waals surface area (Å²) >= 11 is 0. The molecular weight excluding hydrogens is 316 g/mol. The predicted molar refractivity (Wildman–Crippen MR) is 94.3 cm³/mol. The normalized spacial score (nSPS) is 33.9. The Hall–Kier alpha value is -2.27. The molecule has 0 unspecified atom stereocenters. The highest BCUT2D eigenvalue weighted by Crippen LogP contribution is 2.61. The molecule has 2 saturated heterocycles. The lowest BCUT2D eigenvalue weighted by molar-refractivity contribution is -0.137. The summed E-state index contributed by atoms with van der Waals surface area (Å²) in [6.45, 7) is 4.01. The number of hydrogen-bond acceptors (Lipinski definition) is 5. The Morgan fingerprint density at radius 1 is 1.48 bits per heavy atom. The largest absolute Gasteiger partial charge is 0.508 e. The van der Waals surface area contributed by atoms with Gasteiger partial charge < -0.3 is 15.2 Å². The zero-order valence-corrected chi connectivity index (χ0v) is 14.5. The van der Waals surface area contributed by atoms with E-state index in [1.54, 1.807) is 12.1 Å². The van der Waals surface area contributed by atoms with Gasteiger partial charge in [0.15, 0.2) is 0 Å². The lowest BCUT2D eigenvalue weighted by atomic mass is 9.62. The van der Waals surface area contributed by atoms with Crippen LogP contribution in [-0.4, -0.2) is 42.2 Å². The van der Waals surface area contributed by atoms with Crippen LogP contribution >= 0.6 is 0 Å². The van der Waals surface area contributed by atoms with E-state index in [0.717, 1.165) is 42.9 Å². The van der Waals surface area contributed by atoms with Crippen LogP contribution in [0.3, 0.4) is 0 Å². The van der Waals surface area contributed by atoms with Gasteiger partial charge in [0.05, 0.1) is 18.1 Å². The van der Waals surface area contributed by atoms with Crippen LogP contribution in [0.1, 0.15) is 25.3 Å². The number of piperidine rings is 1. The highest BCUT2D eigenvalue weighted by molar-refractivity contribution is 5.94. The number of allylic oxidation sites excluding steroid dienone is 1. The molecular formula is C20H22N2O3. The molecule has 0 radical (unpaired) electrons. The van der Waals surface area contributed by atoms with E-state index in [4.69, 9.17) is 4.74 Å². The van der Waals surface area contributed by atoms with Crippen molar-refractivity contribution in [2.24, 2.45) is 5.92 Å². The molecule has 0 aromatic heterocycles. The molecule has 2 fully saturated rings. The molecule has 130 valence electrons. The molecule has 5 nitrogen and oxygen atoms in total. The fourth-order valence-electron chi connectivity index (χ4n) is 5.66. The molecule has 2 bridgehead atoms. The van der Waals surface area contributed by atoms with Crippen LogP contribution in [0.25, 0.3) is 0 Å². The van der Waals surface area contributed by atoms with Gasteiger partial charge in [0, 0.05) is 42.5 Å². The van der Waals surface area contributed by atoms with Gasteiger partial charge in [-0.25, -0.2) is 4.79 Å². The zero-order chi connectivity index (χ0) is 17.3. The Balaban J connectivity index is 1.81. The van der Waals surface area contributed by atoms with Crippen LogP contribution in [0.5, 0.6) is 5.75 Å². The molecule has 2 N–H and O–H groups in total. The molecule has 0 saturated carbocycles. The minimum atomic E-state index is -0.234. The number of rotatable bonds is 1. The molecule has 1 aromatic carbocycles. The smallest absolute Gasteiger partial charge is 0.336 e. The van der Waals surface area contributed by atoms with Crippen LogP contribution in [0, 0.1) is 5.92 Å². The molecule has 3 atom stereocenters. The topological polar surface area (TPSA) is 61.8 Å². The molecule has 1 spiro atoms. The third-order valence-corrected chi connectivity index (χ3v) is 6.68. The van der Waals surface area contributed by atoms with Gasteiger partial charge in [-0.3, -0.25) is 4.90 Å². The molecule has 5 rings (SSSR count). The third-order valence-electron chi connectivity index (χ3n) is 6.68. The molecule has 1 aliphatic carbocycles. The Morgan fingerprint density at radius 2 is 2.32 bits per heavy atom. The fraction of sp³-hybridized carbons (Fsp3) is 0.450. The van der Waals surface area contributed by atoms with Gasteiger partial charge in [-0.2, -0.15) is 0 Å². The molecule has 5 heteroatoms. The second-order valence-electron chi connectivity index (χ2n) is 7.49. The first-order chi connectivity index (χ1) is 12.1. The number of ether oxygens (including phenoxy) is 1. The molecule has 4 aliphatic rings. The van der Waals surface area contributed by atoms with E-state index in [-0.39, 0.29) is 23.1 Å². The van der Waals surface area contributed by atoms with Gasteiger partial charge >= 0.3 is 5.97 Å². The number of nitrogens with one attached hydrogen (secondary N) is 1. The van der Waals surface area contributed by atoms with Crippen molar-refractivity contribution in [3.8, 4) is 5.75 Å². The number of methoxy groups -OCH3 is 1. The van der Waals surface area contributed by atoms with E-state index in [0.29, 0.717) is 6.04 Å². The van der Waals surface area contributed by atoms with E-state index < -0.39 is 0 Å². The average molecular weight is 338 g/mol. The van der Waals surface area contributed by atoms with Gasteiger partial charge in [-0.1, -0.05) is 17.7 Å². The number of phenolic OH excluding ortho intramolecular Hbond substituents is 1. The second-order valence-corrected chi connectivity index (χ2v) is 7.49. The number of benzene rings is 1. The van der Waals surface area contributed by atoms with Crippen molar-refractivity contribution in [2.75, 3.05) is 25.5 Å². The summed E-state index contributed by atoms with van der Waals surface area (Å²) < 4.78 is 5.18. The van der Waals surface area contributed by atoms with E-state index in [1.807, 2.05) is 6.07 Å². The van der Waals surface area contributed by atoms with Crippen molar-refractivity contribution < 1.29 is 14.6 Å². The first-order valence-electron chi connectivity index (χ1n) is 8.92. The number of hydrogen-bond donors (Lipinski definition) is 2. The number of nitrogens with zero attached hydrogens (tertiary/aromatic N) is 1.